The molecule has 1 rings (SSSR count). The van der Waals surface area contributed by atoms with Crippen molar-refractivity contribution >= 4 is 0 Å². The Morgan fingerprint density at radius 1 is 1.33 bits per heavy atom. The molecule has 0 aromatic carbocycles. The summed E-state index contributed by atoms with van der Waals surface area (Å²) in [7, 11) is 0. The summed E-state index contributed by atoms with van der Waals surface area (Å²) in [6.07, 6.45) is 11.5. The van der Waals surface area contributed by atoms with Gasteiger partial charge in [0.05, 0.1) is 0 Å². The summed E-state index contributed by atoms with van der Waals surface area (Å²) in [5, 5.41) is 0. The van der Waals surface area contributed by atoms with Crippen LogP contribution < -0.4 is 5.73 Å². The van der Waals surface area contributed by atoms with Crippen molar-refractivity contribution in [3.05, 3.63) is 11.6 Å². The second-order valence-corrected chi connectivity index (χ2v) is 3.75. The molecule has 0 heterocycles. The number of hydrogen-bond donors (Lipinski definition) is 1. The monoisotopic (exact) mass is 167 g/mol. The summed E-state index contributed by atoms with van der Waals surface area (Å²) in [6, 6.07) is 0.336. The van der Waals surface area contributed by atoms with E-state index in [1.165, 1.54) is 44.1 Å². The van der Waals surface area contributed by atoms with Crippen LogP contribution in [0.2, 0.25) is 0 Å². The molecule has 0 saturated carbocycles. The average Bonchev–Trinajstić information content (AvgIpc) is 2.02. The zero-order chi connectivity index (χ0) is 8.81. The highest BCUT2D eigenvalue weighted by Crippen LogP contribution is 2.19. The zero-order valence-electron chi connectivity index (χ0n) is 8.18. The van der Waals surface area contributed by atoms with E-state index < -0.39 is 0 Å². The molecular weight excluding hydrogens is 146 g/mol. The van der Waals surface area contributed by atoms with Crippen LogP contribution in [0, 0.1) is 0 Å². The largest absolute Gasteiger partial charge is 0.324 e. The number of hydrogen-bond acceptors (Lipinski definition) is 1. The van der Waals surface area contributed by atoms with Gasteiger partial charge in [0.1, 0.15) is 0 Å². The SMILES string of the molecule is CCC(N)/C1=C/CCCCCC1. The molecule has 0 aliphatic heterocycles. The van der Waals surface area contributed by atoms with Crippen LogP contribution in [-0.2, 0) is 0 Å². The predicted molar refractivity (Wildman–Crippen MR) is 54.1 cm³/mol. The Labute approximate surface area is 76.0 Å². The van der Waals surface area contributed by atoms with E-state index in [0.29, 0.717) is 6.04 Å². The minimum absolute atomic E-state index is 0.336. The summed E-state index contributed by atoms with van der Waals surface area (Å²) in [6.45, 7) is 2.17. The molecule has 0 saturated heterocycles. The zero-order valence-corrected chi connectivity index (χ0v) is 8.18. The fourth-order valence-electron chi connectivity index (χ4n) is 1.82. The Kier molecular flexibility index (Phi) is 4.37. The van der Waals surface area contributed by atoms with Crippen LogP contribution in [0.1, 0.15) is 51.9 Å². The highest BCUT2D eigenvalue weighted by atomic mass is 14.6. The van der Waals surface area contributed by atoms with Gasteiger partial charge in [-0.3, -0.25) is 0 Å². The lowest BCUT2D eigenvalue weighted by Gasteiger charge is -2.16. The second kappa shape index (κ2) is 5.36. The van der Waals surface area contributed by atoms with Crippen LogP contribution >= 0.6 is 0 Å². The van der Waals surface area contributed by atoms with Crippen LogP contribution in [0.15, 0.2) is 11.6 Å². The molecule has 0 amide bonds. The van der Waals surface area contributed by atoms with Crippen molar-refractivity contribution in [3.63, 3.8) is 0 Å². The Morgan fingerprint density at radius 3 is 2.83 bits per heavy atom. The van der Waals surface area contributed by atoms with Crippen molar-refractivity contribution in [2.45, 2.75) is 57.9 Å². The van der Waals surface area contributed by atoms with Crippen molar-refractivity contribution in [1.29, 1.82) is 0 Å². The van der Waals surface area contributed by atoms with Gasteiger partial charge in [0, 0.05) is 6.04 Å². The smallest absolute Gasteiger partial charge is 0.0250 e. The van der Waals surface area contributed by atoms with Crippen LogP contribution in [0.4, 0.5) is 0 Å². The van der Waals surface area contributed by atoms with E-state index in [9.17, 15) is 0 Å². The van der Waals surface area contributed by atoms with Gasteiger partial charge in [-0.25, -0.2) is 0 Å². The van der Waals surface area contributed by atoms with E-state index in [2.05, 4.69) is 13.0 Å². The molecule has 1 aliphatic rings. The maximum Gasteiger partial charge on any atom is 0.0250 e. The first-order valence-electron chi connectivity index (χ1n) is 5.29. The van der Waals surface area contributed by atoms with Crippen LogP contribution in [0.3, 0.4) is 0 Å². The van der Waals surface area contributed by atoms with Crippen LogP contribution in [0.25, 0.3) is 0 Å². The summed E-state index contributed by atoms with van der Waals surface area (Å²) < 4.78 is 0. The maximum atomic E-state index is 6.00. The standard InChI is InChI=1S/C11H21N/c1-2-11(12)10-8-6-4-3-5-7-9-10/h8,11H,2-7,9,12H2,1H3/b10-8+. The van der Waals surface area contributed by atoms with Gasteiger partial charge in [-0.05, 0) is 32.1 Å². The van der Waals surface area contributed by atoms with Crippen molar-refractivity contribution in [1.82, 2.24) is 0 Å². The van der Waals surface area contributed by atoms with Crippen molar-refractivity contribution in [3.8, 4) is 0 Å². The molecule has 70 valence electrons. The van der Waals surface area contributed by atoms with E-state index in [4.69, 9.17) is 5.73 Å². The Morgan fingerprint density at radius 2 is 2.08 bits per heavy atom. The lowest BCUT2D eigenvalue weighted by Crippen LogP contribution is -2.21. The van der Waals surface area contributed by atoms with Crippen molar-refractivity contribution in [2.24, 2.45) is 5.73 Å². The molecule has 0 spiro atoms. The van der Waals surface area contributed by atoms with Crippen molar-refractivity contribution < 1.29 is 0 Å². The third-order valence-corrected chi connectivity index (χ3v) is 2.74. The van der Waals surface area contributed by atoms with Gasteiger partial charge in [-0.15, -0.1) is 0 Å². The highest BCUT2D eigenvalue weighted by Gasteiger charge is 2.07. The molecule has 12 heavy (non-hydrogen) atoms. The Bertz CT molecular complexity index is 149. The topological polar surface area (TPSA) is 26.0 Å². The lowest BCUT2D eigenvalue weighted by atomic mass is 9.94. The van der Waals surface area contributed by atoms with E-state index in [1.807, 2.05) is 0 Å². The van der Waals surface area contributed by atoms with E-state index >= 15 is 0 Å². The number of rotatable bonds is 2. The quantitative estimate of drug-likeness (QED) is 0.629. The van der Waals surface area contributed by atoms with Crippen molar-refractivity contribution in [2.75, 3.05) is 0 Å². The van der Waals surface area contributed by atoms with E-state index in [1.54, 1.807) is 0 Å². The maximum absolute atomic E-state index is 6.00. The molecule has 0 radical (unpaired) electrons. The fraction of sp³-hybridized carbons (Fsp3) is 0.818. The molecule has 0 fully saturated rings. The molecule has 1 heteroatoms. The van der Waals surface area contributed by atoms with E-state index in [0.717, 1.165) is 6.42 Å². The third kappa shape index (κ3) is 2.98. The van der Waals surface area contributed by atoms with Gasteiger partial charge in [-0.2, -0.15) is 0 Å². The van der Waals surface area contributed by atoms with Gasteiger partial charge in [0.15, 0.2) is 0 Å². The van der Waals surface area contributed by atoms with E-state index in [-0.39, 0.29) is 0 Å². The first-order valence-corrected chi connectivity index (χ1v) is 5.29. The molecule has 0 aromatic heterocycles. The van der Waals surface area contributed by atoms with Gasteiger partial charge in [0.2, 0.25) is 0 Å². The minimum Gasteiger partial charge on any atom is -0.324 e. The summed E-state index contributed by atoms with van der Waals surface area (Å²) in [5.41, 5.74) is 7.51. The van der Waals surface area contributed by atoms with Crippen LogP contribution in [-0.4, -0.2) is 6.04 Å². The predicted octanol–water partition coefficient (Wildman–Crippen LogP) is 3.00. The first kappa shape index (κ1) is 9.79. The molecule has 1 atom stereocenters. The van der Waals surface area contributed by atoms with Gasteiger partial charge in [0.25, 0.3) is 0 Å². The molecule has 1 aliphatic carbocycles. The molecule has 0 bridgehead atoms. The summed E-state index contributed by atoms with van der Waals surface area (Å²) in [5.74, 6) is 0. The Hall–Kier alpha value is -0.300. The first-order chi connectivity index (χ1) is 5.84. The van der Waals surface area contributed by atoms with Gasteiger partial charge >= 0.3 is 0 Å². The Balaban J connectivity index is 2.46. The third-order valence-electron chi connectivity index (χ3n) is 2.74. The normalized spacial score (nSPS) is 26.7. The number of allylic oxidation sites excluding steroid dienone is 1. The fourth-order valence-corrected chi connectivity index (χ4v) is 1.82. The molecule has 1 nitrogen and oxygen atoms in total. The molecule has 2 N–H and O–H groups in total. The average molecular weight is 167 g/mol. The highest BCUT2D eigenvalue weighted by molar-refractivity contribution is 5.10. The van der Waals surface area contributed by atoms with Gasteiger partial charge < -0.3 is 5.73 Å². The van der Waals surface area contributed by atoms with Crippen LogP contribution in [0.5, 0.6) is 0 Å². The summed E-state index contributed by atoms with van der Waals surface area (Å²) >= 11 is 0. The second-order valence-electron chi connectivity index (χ2n) is 3.75. The number of nitrogens with two attached hydrogens (primary N) is 1. The summed E-state index contributed by atoms with van der Waals surface area (Å²) in [4.78, 5) is 0. The molecule has 0 aromatic rings. The minimum atomic E-state index is 0.336. The molecular formula is C11H21N. The lowest BCUT2D eigenvalue weighted by molar-refractivity contribution is 0.591. The van der Waals surface area contributed by atoms with Gasteiger partial charge in [-0.1, -0.05) is 31.4 Å². The molecule has 1 unspecified atom stereocenters.